The molecule has 2 rings (SSSR count). The zero-order valence-corrected chi connectivity index (χ0v) is 12.1. The molecule has 1 heterocycles. The molecule has 106 valence electrons. The highest BCUT2D eigenvalue weighted by Crippen LogP contribution is 2.36. The number of rotatable bonds is 4. The van der Waals surface area contributed by atoms with Crippen LogP contribution in [-0.4, -0.2) is 25.5 Å². The van der Waals surface area contributed by atoms with E-state index in [4.69, 9.17) is 10.5 Å². The number of thiophene rings is 1. The Kier molecular flexibility index (Phi) is 4.36. The molecule has 0 bridgehead atoms. The summed E-state index contributed by atoms with van der Waals surface area (Å²) in [7, 11) is 1.32. The maximum atomic E-state index is 12.0. The second-order valence-electron chi connectivity index (χ2n) is 4.42. The van der Waals surface area contributed by atoms with Gasteiger partial charge in [0.15, 0.2) is 0 Å². The molecule has 0 spiro atoms. The van der Waals surface area contributed by atoms with Gasteiger partial charge in [-0.15, -0.1) is 11.3 Å². The van der Waals surface area contributed by atoms with E-state index < -0.39 is 5.97 Å². The van der Waals surface area contributed by atoms with E-state index in [2.05, 4.69) is 5.32 Å². The Morgan fingerprint density at radius 1 is 1.40 bits per heavy atom. The number of ether oxygens (including phenoxy) is 1. The van der Waals surface area contributed by atoms with Crippen molar-refractivity contribution >= 4 is 39.0 Å². The number of carbonyl (C=O) groups excluding carboxylic acids is 2. The topological polar surface area (TPSA) is 81.4 Å². The van der Waals surface area contributed by atoms with Crippen molar-refractivity contribution in [3.63, 3.8) is 0 Å². The van der Waals surface area contributed by atoms with Gasteiger partial charge in [-0.1, -0.05) is 25.1 Å². The van der Waals surface area contributed by atoms with Gasteiger partial charge < -0.3 is 15.8 Å². The van der Waals surface area contributed by atoms with Crippen LogP contribution in [0.15, 0.2) is 24.3 Å². The molecule has 1 amide bonds. The van der Waals surface area contributed by atoms with Gasteiger partial charge in [0.1, 0.15) is 4.88 Å². The van der Waals surface area contributed by atoms with Crippen LogP contribution in [0.4, 0.5) is 5.69 Å². The van der Waals surface area contributed by atoms with E-state index in [1.807, 2.05) is 24.3 Å². The number of benzene rings is 1. The minimum Gasteiger partial charge on any atom is -0.465 e. The smallest absolute Gasteiger partial charge is 0.350 e. The lowest BCUT2D eigenvalue weighted by atomic mass is 10.1. The minimum absolute atomic E-state index is 0.207. The van der Waals surface area contributed by atoms with Crippen LogP contribution in [-0.2, 0) is 9.53 Å². The molecule has 0 aliphatic rings. The standard InChI is InChI=1S/C14H16N2O3S/c1-8(7-15)13(17)16-11-9-5-3-4-6-10(9)20-12(11)14(18)19-2/h3-6,8H,7,15H2,1-2H3,(H,16,17). The summed E-state index contributed by atoms with van der Waals surface area (Å²) < 4.78 is 5.69. The van der Waals surface area contributed by atoms with Crippen molar-refractivity contribution in [2.24, 2.45) is 11.7 Å². The average Bonchev–Trinajstić information content (AvgIpc) is 2.84. The highest BCUT2D eigenvalue weighted by atomic mass is 32.1. The lowest BCUT2D eigenvalue weighted by Gasteiger charge is -2.10. The third-order valence-corrected chi connectivity index (χ3v) is 4.17. The largest absolute Gasteiger partial charge is 0.465 e. The molecule has 2 aromatic rings. The Morgan fingerprint density at radius 2 is 2.10 bits per heavy atom. The fourth-order valence-electron chi connectivity index (χ4n) is 1.76. The lowest BCUT2D eigenvalue weighted by molar-refractivity contribution is -0.119. The Morgan fingerprint density at radius 3 is 2.75 bits per heavy atom. The van der Waals surface area contributed by atoms with Crippen molar-refractivity contribution in [2.75, 3.05) is 19.0 Å². The Labute approximate surface area is 120 Å². The highest BCUT2D eigenvalue weighted by Gasteiger charge is 2.22. The molecule has 6 heteroatoms. The molecule has 5 nitrogen and oxygen atoms in total. The first-order valence-electron chi connectivity index (χ1n) is 6.19. The number of fused-ring (bicyclic) bond motifs is 1. The molecule has 0 fully saturated rings. The third kappa shape index (κ3) is 2.66. The first-order valence-corrected chi connectivity index (χ1v) is 7.01. The van der Waals surface area contributed by atoms with E-state index in [-0.39, 0.29) is 18.4 Å². The van der Waals surface area contributed by atoms with Crippen molar-refractivity contribution in [3.05, 3.63) is 29.1 Å². The predicted molar refractivity (Wildman–Crippen MR) is 80.0 cm³/mol. The highest BCUT2D eigenvalue weighted by molar-refractivity contribution is 7.21. The molecule has 0 radical (unpaired) electrons. The van der Waals surface area contributed by atoms with Crippen molar-refractivity contribution in [3.8, 4) is 0 Å². The molecular weight excluding hydrogens is 276 g/mol. The normalized spacial score (nSPS) is 12.2. The summed E-state index contributed by atoms with van der Waals surface area (Å²) >= 11 is 1.30. The average molecular weight is 292 g/mol. The summed E-state index contributed by atoms with van der Waals surface area (Å²) in [4.78, 5) is 24.2. The van der Waals surface area contributed by atoms with Crippen molar-refractivity contribution in [2.45, 2.75) is 6.92 Å². The van der Waals surface area contributed by atoms with E-state index in [0.717, 1.165) is 10.1 Å². The van der Waals surface area contributed by atoms with Gasteiger partial charge in [-0.05, 0) is 6.07 Å². The van der Waals surface area contributed by atoms with E-state index in [1.165, 1.54) is 18.4 Å². The zero-order valence-electron chi connectivity index (χ0n) is 11.3. The van der Waals surface area contributed by atoms with Gasteiger partial charge in [0.2, 0.25) is 5.91 Å². The van der Waals surface area contributed by atoms with Gasteiger partial charge in [-0.3, -0.25) is 4.79 Å². The SMILES string of the molecule is COC(=O)c1sc2ccccc2c1NC(=O)C(C)CN. The maximum Gasteiger partial charge on any atom is 0.350 e. The first kappa shape index (κ1) is 14.5. The molecule has 0 aliphatic carbocycles. The number of nitrogens with one attached hydrogen (secondary N) is 1. The maximum absolute atomic E-state index is 12.0. The van der Waals surface area contributed by atoms with Gasteiger partial charge >= 0.3 is 5.97 Å². The molecule has 1 atom stereocenters. The molecule has 0 aliphatic heterocycles. The fourth-order valence-corrected chi connectivity index (χ4v) is 2.84. The van der Waals surface area contributed by atoms with E-state index in [1.54, 1.807) is 6.92 Å². The van der Waals surface area contributed by atoms with Crippen LogP contribution in [0.2, 0.25) is 0 Å². The van der Waals surface area contributed by atoms with Gasteiger partial charge in [0.05, 0.1) is 12.8 Å². The Bertz CT molecular complexity index is 651. The number of anilines is 1. The number of methoxy groups -OCH3 is 1. The van der Waals surface area contributed by atoms with E-state index in [0.29, 0.717) is 10.6 Å². The number of esters is 1. The summed E-state index contributed by atoms with van der Waals surface area (Å²) in [5, 5.41) is 3.62. The Balaban J connectivity index is 2.48. The molecular formula is C14H16N2O3S. The lowest BCUT2D eigenvalue weighted by Crippen LogP contribution is -2.27. The quantitative estimate of drug-likeness (QED) is 0.847. The number of hydrogen-bond acceptors (Lipinski definition) is 5. The van der Waals surface area contributed by atoms with Crippen molar-refractivity contribution in [1.82, 2.24) is 0 Å². The van der Waals surface area contributed by atoms with Gasteiger partial charge in [0, 0.05) is 22.5 Å². The molecule has 0 saturated carbocycles. The summed E-state index contributed by atoms with van der Waals surface area (Å²) in [6, 6.07) is 7.50. The van der Waals surface area contributed by atoms with Crippen LogP contribution in [0.1, 0.15) is 16.6 Å². The van der Waals surface area contributed by atoms with Crippen molar-refractivity contribution < 1.29 is 14.3 Å². The van der Waals surface area contributed by atoms with Gasteiger partial charge in [0.25, 0.3) is 0 Å². The molecule has 0 saturated heterocycles. The van der Waals surface area contributed by atoms with Gasteiger partial charge in [-0.2, -0.15) is 0 Å². The van der Waals surface area contributed by atoms with Crippen LogP contribution < -0.4 is 11.1 Å². The predicted octanol–water partition coefficient (Wildman–Crippen LogP) is 2.22. The first-order chi connectivity index (χ1) is 9.58. The van der Waals surface area contributed by atoms with Crippen molar-refractivity contribution in [1.29, 1.82) is 0 Å². The summed E-state index contributed by atoms with van der Waals surface area (Å²) in [5.41, 5.74) is 5.99. The summed E-state index contributed by atoms with van der Waals surface area (Å²) in [6.07, 6.45) is 0. The number of amides is 1. The fraction of sp³-hybridized carbons (Fsp3) is 0.286. The number of carbonyl (C=O) groups is 2. The number of hydrogen-bond donors (Lipinski definition) is 2. The van der Waals surface area contributed by atoms with E-state index >= 15 is 0 Å². The third-order valence-electron chi connectivity index (χ3n) is 3.02. The zero-order chi connectivity index (χ0) is 14.7. The summed E-state index contributed by atoms with van der Waals surface area (Å²) in [5.74, 6) is -0.984. The number of nitrogens with two attached hydrogens (primary N) is 1. The van der Waals surface area contributed by atoms with Gasteiger partial charge in [-0.25, -0.2) is 4.79 Å². The van der Waals surface area contributed by atoms with Crippen LogP contribution in [0.5, 0.6) is 0 Å². The van der Waals surface area contributed by atoms with Crippen LogP contribution in [0.25, 0.3) is 10.1 Å². The van der Waals surface area contributed by atoms with Crippen LogP contribution >= 0.6 is 11.3 Å². The van der Waals surface area contributed by atoms with Crippen LogP contribution in [0.3, 0.4) is 0 Å². The molecule has 20 heavy (non-hydrogen) atoms. The second kappa shape index (κ2) is 6.02. The minimum atomic E-state index is -0.457. The molecule has 3 N–H and O–H groups in total. The van der Waals surface area contributed by atoms with E-state index in [9.17, 15) is 9.59 Å². The molecule has 1 aromatic carbocycles. The molecule has 1 unspecified atom stereocenters. The summed E-state index contributed by atoms with van der Waals surface area (Å²) in [6.45, 7) is 1.99. The van der Waals surface area contributed by atoms with Crippen LogP contribution in [0, 0.1) is 5.92 Å². The monoisotopic (exact) mass is 292 g/mol. The molecule has 1 aromatic heterocycles. The second-order valence-corrected chi connectivity index (χ2v) is 5.47. The Hall–Kier alpha value is -1.92.